The Balaban J connectivity index is 1.81. The van der Waals surface area contributed by atoms with Crippen LogP contribution in [0.3, 0.4) is 0 Å². The normalized spacial score (nSPS) is 21.8. The molecule has 3 rings (SSSR count). The summed E-state index contributed by atoms with van der Waals surface area (Å²) in [4.78, 5) is 13.5. The lowest BCUT2D eigenvalue weighted by atomic mass is 9.89. The van der Waals surface area contributed by atoms with Gasteiger partial charge in [-0.25, -0.2) is 0 Å². The van der Waals surface area contributed by atoms with Crippen LogP contribution in [-0.4, -0.2) is 13.0 Å². The van der Waals surface area contributed by atoms with E-state index in [1.165, 1.54) is 49.7 Å². The van der Waals surface area contributed by atoms with E-state index in [9.17, 15) is 4.79 Å². The van der Waals surface area contributed by atoms with Crippen LogP contribution in [0.2, 0.25) is 0 Å². The Bertz CT molecular complexity index is 520. The van der Waals surface area contributed by atoms with Gasteiger partial charge in [-0.3, -0.25) is 4.79 Å². The van der Waals surface area contributed by atoms with E-state index in [2.05, 4.69) is 18.2 Å². The molecular weight excluding hydrogens is 282 g/mol. The number of halogens is 1. The fraction of sp³-hybridized carbons (Fsp3) is 0.611. The van der Waals surface area contributed by atoms with E-state index in [-0.39, 0.29) is 11.3 Å². The minimum Gasteiger partial charge on any atom is -0.315 e. The molecule has 1 saturated carbocycles. The van der Waals surface area contributed by atoms with Crippen LogP contribution in [0.1, 0.15) is 61.4 Å². The minimum absolute atomic E-state index is 0.122. The van der Waals surface area contributed by atoms with E-state index >= 15 is 0 Å². The van der Waals surface area contributed by atoms with E-state index in [1.807, 2.05) is 7.05 Å². The maximum Gasteiger partial charge on any atom is 0.227 e. The zero-order valence-corrected chi connectivity index (χ0v) is 13.5. The maximum absolute atomic E-state index is 11.8. The highest BCUT2D eigenvalue weighted by atomic mass is 35.5. The lowest BCUT2D eigenvalue weighted by Crippen LogP contribution is -2.31. The summed E-state index contributed by atoms with van der Waals surface area (Å²) in [6, 6.07) is 6.44. The summed E-state index contributed by atoms with van der Waals surface area (Å²) in [6.45, 7) is 0. The van der Waals surface area contributed by atoms with Crippen LogP contribution in [0.15, 0.2) is 18.2 Å². The van der Waals surface area contributed by atoms with Crippen LogP contribution in [-0.2, 0) is 11.2 Å². The zero-order valence-electron chi connectivity index (χ0n) is 12.8. The summed E-state index contributed by atoms with van der Waals surface area (Å²) in [7, 11) is 1.86. The number of alkyl halides is 1. The number of nitrogens with zero attached hydrogens (tertiary/aromatic N) is 1. The number of fused-ring (bicyclic) bond motifs is 1. The number of carbonyl (C=O) groups is 1. The molecule has 1 aromatic rings. The van der Waals surface area contributed by atoms with Crippen LogP contribution >= 0.6 is 11.6 Å². The fourth-order valence-corrected chi connectivity index (χ4v) is 4.11. The molecule has 21 heavy (non-hydrogen) atoms. The van der Waals surface area contributed by atoms with Gasteiger partial charge >= 0.3 is 0 Å². The molecule has 0 N–H and O–H groups in total. The topological polar surface area (TPSA) is 20.3 Å². The first-order valence-electron chi connectivity index (χ1n) is 8.20. The Morgan fingerprint density at radius 3 is 2.57 bits per heavy atom. The molecule has 114 valence electrons. The Kier molecular flexibility index (Phi) is 4.54. The summed E-state index contributed by atoms with van der Waals surface area (Å²) < 4.78 is 0. The van der Waals surface area contributed by atoms with Crippen molar-refractivity contribution in [1.29, 1.82) is 0 Å². The van der Waals surface area contributed by atoms with Gasteiger partial charge in [0, 0.05) is 19.2 Å². The smallest absolute Gasteiger partial charge is 0.227 e. The summed E-state index contributed by atoms with van der Waals surface area (Å²) in [5.41, 5.74) is 3.57. The first-order valence-corrected chi connectivity index (χ1v) is 8.64. The summed E-state index contributed by atoms with van der Waals surface area (Å²) >= 11 is 6.78. The van der Waals surface area contributed by atoms with Crippen LogP contribution in [0.4, 0.5) is 5.69 Å². The average Bonchev–Trinajstić information content (AvgIpc) is 2.79. The largest absolute Gasteiger partial charge is 0.315 e. The van der Waals surface area contributed by atoms with Crippen LogP contribution < -0.4 is 4.90 Å². The van der Waals surface area contributed by atoms with Crippen molar-refractivity contribution in [2.75, 3.05) is 11.9 Å². The third kappa shape index (κ3) is 3.11. The van der Waals surface area contributed by atoms with Gasteiger partial charge in [0.05, 0.1) is 5.38 Å². The highest BCUT2D eigenvalue weighted by Crippen LogP contribution is 2.39. The molecule has 2 nitrogen and oxygen atoms in total. The van der Waals surface area contributed by atoms with Gasteiger partial charge in [0.1, 0.15) is 0 Å². The van der Waals surface area contributed by atoms with Crippen molar-refractivity contribution in [3.05, 3.63) is 29.3 Å². The van der Waals surface area contributed by atoms with E-state index in [0.717, 1.165) is 12.1 Å². The quantitative estimate of drug-likeness (QED) is 0.565. The molecular formula is C18H24ClNO. The molecule has 1 aliphatic heterocycles. The van der Waals surface area contributed by atoms with Crippen molar-refractivity contribution in [1.82, 2.24) is 0 Å². The van der Waals surface area contributed by atoms with E-state index in [0.29, 0.717) is 12.3 Å². The molecule has 1 heterocycles. The predicted molar refractivity (Wildman–Crippen MR) is 88.0 cm³/mol. The molecule has 1 aliphatic carbocycles. The predicted octanol–water partition coefficient (Wildman–Crippen LogP) is 4.85. The molecule has 0 bridgehead atoms. The summed E-state index contributed by atoms with van der Waals surface area (Å²) in [5, 5.41) is 0.122. The van der Waals surface area contributed by atoms with Gasteiger partial charge < -0.3 is 4.90 Å². The molecule has 2 aliphatic rings. The van der Waals surface area contributed by atoms with Crippen molar-refractivity contribution in [3.63, 3.8) is 0 Å². The second-order valence-corrected chi connectivity index (χ2v) is 6.96. The Hall–Kier alpha value is -1.02. The monoisotopic (exact) mass is 305 g/mol. The first kappa shape index (κ1) is 14.9. The number of aryl methyl sites for hydroxylation is 1. The van der Waals surface area contributed by atoms with Gasteiger partial charge in [-0.1, -0.05) is 37.8 Å². The molecule has 1 unspecified atom stereocenters. The standard InChI is InChI=1S/C18H24ClNO/c1-20-16-10-8-15(12-14(16)9-11-17(20)21)18(19)13-6-4-2-3-5-7-13/h8,10,12-13,18H,2-7,9,11H2,1H3. The molecule has 0 saturated heterocycles. The van der Waals surface area contributed by atoms with Crippen LogP contribution in [0.5, 0.6) is 0 Å². The number of benzene rings is 1. The Labute approximate surface area is 132 Å². The second-order valence-electron chi connectivity index (χ2n) is 6.49. The molecule has 0 spiro atoms. The van der Waals surface area contributed by atoms with E-state index in [4.69, 9.17) is 11.6 Å². The number of carbonyl (C=O) groups excluding carboxylic acids is 1. The summed E-state index contributed by atoms with van der Waals surface area (Å²) in [6.07, 6.45) is 9.32. The lowest BCUT2D eigenvalue weighted by Gasteiger charge is -2.28. The molecule has 1 fully saturated rings. The second kappa shape index (κ2) is 6.39. The summed E-state index contributed by atoms with van der Waals surface area (Å²) in [5.74, 6) is 0.816. The van der Waals surface area contributed by atoms with Crippen molar-refractivity contribution in [3.8, 4) is 0 Å². The fourth-order valence-electron chi connectivity index (χ4n) is 3.72. The molecule has 1 aromatic carbocycles. The zero-order chi connectivity index (χ0) is 14.8. The number of amides is 1. The number of anilines is 1. The number of hydrogen-bond donors (Lipinski definition) is 0. The average molecular weight is 306 g/mol. The van der Waals surface area contributed by atoms with Gasteiger partial charge in [-0.15, -0.1) is 11.6 Å². The molecule has 3 heteroatoms. The van der Waals surface area contributed by atoms with Gasteiger partial charge in [0.2, 0.25) is 5.91 Å². The van der Waals surface area contributed by atoms with Crippen molar-refractivity contribution >= 4 is 23.2 Å². The third-order valence-electron chi connectivity index (χ3n) is 5.08. The first-order chi connectivity index (χ1) is 10.2. The third-order valence-corrected chi connectivity index (χ3v) is 5.69. The van der Waals surface area contributed by atoms with Crippen LogP contribution in [0, 0.1) is 5.92 Å². The SMILES string of the molecule is CN1C(=O)CCc2cc(C(Cl)C3CCCCCC3)ccc21. The van der Waals surface area contributed by atoms with Crippen molar-refractivity contribution in [2.45, 2.75) is 56.7 Å². The minimum atomic E-state index is 0.122. The highest BCUT2D eigenvalue weighted by Gasteiger charge is 2.25. The maximum atomic E-state index is 11.8. The molecule has 0 aromatic heterocycles. The molecule has 1 atom stereocenters. The Morgan fingerprint density at radius 2 is 1.86 bits per heavy atom. The van der Waals surface area contributed by atoms with Crippen LogP contribution in [0.25, 0.3) is 0 Å². The lowest BCUT2D eigenvalue weighted by molar-refractivity contribution is -0.118. The number of hydrogen-bond acceptors (Lipinski definition) is 1. The molecule has 0 radical (unpaired) electrons. The molecule has 1 amide bonds. The number of rotatable bonds is 2. The van der Waals surface area contributed by atoms with E-state index in [1.54, 1.807) is 4.90 Å². The van der Waals surface area contributed by atoms with Crippen molar-refractivity contribution < 1.29 is 4.79 Å². The highest BCUT2D eigenvalue weighted by molar-refractivity contribution is 6.21. The van der Waals surface area contributed by atoms with Gasteiger partial charge in [0.15, 0.2) is 0 Å². The Morgan fingerprint density at radius 1 is 1.14 bits per heavy atom. The van der Waals surface area contributed by atoms with E-state index < -0.39 is 0 Å². The van der Waals surface area contributed by atoms with Gasteiger partial charge in [0.25, 0.3) is 0 Å². The van der Waals surface area contributed by atoms with Gasteiger partial charge in [-0.2, -0.15) is 0 Å². The van der Waals surface area contributed by atoms with Gasteiger partial charge in [-0.05, 0) is 42.4 Å². The van der Waals surface area contributed by atoms with Crippen molar-refractivity contribution in [2.24, 2.45) is 5.92 Å².